The second kappa shape index (κ2) is 13.6. The Morgan fingerprint density at radius 3 is 2.13 bits per heavy atom. The zero-order valence-electron chi connectivity index (χ0n) is 22.0. The molecular formula is C31H34N2O6. The van der Waals surface area contributed by atoms with Gasteiger partial charge in [0, 0.05) is 18.9 Å². The fourth-order valence-corrected chi connectivity index (χ4v) is 4.78. The minimum Gasteiger partial charge on any atom is -0.481 e. The van der Waals surface area contributed by atoms with Crippen LogP contribution in [0.3, 0.4) is 0 Å². The molecule has 3 aromatic carbocycles. The molecule has 8 heteroatoms. The molecule has 204 valence electrons. The number of aliphatic carboxylic acids is 1. The average Bonchev–Trinajstić information content (AvgIpc) is 3.27. The third-order valence-electron chi connectivity index (χ3n) is 6.84. The Hall–Kier alpha value is -4.17. The number of rotatable bonds is 13. The molecule has 1 aliphatic rings. The van der Waals surface area contributed by atoms with Crippen molar-refractivity contribution in [3.05, 3.63) is 95.6 Å². The van der Waals surface area contributed by atoms with Gasteiger partial charge in [0.2, 0.25) is 5.91 Å². The molecule has 0 heterocycles. The molecule has 0 spiro atoms. The summed E-state index contributed by atoms with van der Waals surface area (Å²) in [6.07, 6.45) is -0.369. The van der Waals surface area contributed by atoms with Crippen molar-refractivity contribution in [2.75, 3.05) is 13.2 Å². The van der Waals surface area contributed by atoms with E-state index in [2.05, 4.69) is 22.8 Å². The van der Waals surface area contributed by atoms with Crippen LogP contribution in [0.4, 0.5) is 4.79 Å². The van der Waals surface area contributed by atoms with Crippen LogP contribution in [0.15, 0.2) is 78.9 Å². The standard InChI is InChI=1S/C31H34N2O6/c1-21(38-19-22-11-3-2-4-12-22)29(30(36)32-18-10-9-17-28(34)35)33-31(37)39-20-27-25-15-7-5-13-23(25)24-14-6-8-16-26(24)27/h2-8,11-16,21,27,29H,9-10,17-20H2,1H3,(H,32,36)(H,33,37)(H,34,35)/t21-,29+/m0/s1. The highest BCUT2D eigenvalue weighted by molar-refractivity contribution is 5.86. The number of carboxylic acid groups (broad SMARTS) is 1. The van der Waals surface area contributed by atoms with Crippen molar-refractivity contribution in [1.29, 1.82) is 0 Å². The average molecular weight is 531 g/mol. The number of unbranched alkanes of at least 4 members (excludes halogenated alkanes) is 1. The quantitative estimate of drug-likeness (QED) is 0.272. The van der Waals surface area contributed by atoms with Crippen LogP contribution in [0.1, 0.15) is 48.8 Å². The Morgan fingerprint density at radius 1 is 0.872 bits per heavy atom. The van der Waals surface area contributed by atoms with Gasteiger partial charge in [-0.05, 0) is 47.6 Å². The molecule has 0 saturated heterocycles. The van der Waals surface area contributed by atoms with Crippen molar-refractivity contribution >= 4 is 18.0 Å². The molecule has 3 aromatic rings. The van der Waals surface area contributed by atoms with E-state index in [4.69, 9.17) is 14.6 Å². The second-order valence-corrected chi connectivity index (χ2v) is 9.59. The van der Waals surface area contributed by atoms with E-state index in [0.29, 0.717) is 19.4 Å². The van der Waals surface area contributed by atoms with E-state index in [9.17, 15) is 14.4 Å². The lowest BCUT2D eigenvalue weighted by Crippen LogP contribution is -2.53. The van der Waals surface area contributed by atoms with Gasteiger partial charge < -0.3 is 25.2 Å². The maximum Gasteiger partial charge on any atom is 0.407 e. The Balaban J connectivity index is 1.38. The van der Waals surface area contributed by atoms with E-state index in [-0.39, 0.29) is 25.6 Å². The lowest BCUT2D eigenvalue weighted by Gasteiger charge is -2.25. The van der Waals surface area contributed by atoms with Gasteiger partial charge in [-0.3, -0.25) is 9.59 Å². The first kappa shape index (κ1) is 27.9. The van der Waals surface area contributed by atoms with E-state index in [1.807, 2.05) is 66.7 Å². The highest BCUT2D eigenvalue weighted by Crippen LogP contribution is 2.44. The summed E-state index contributed by atoms with van der Waals surface area (Å²) in [4.78, 5) is 36.7. The summed E-state index contributed by atoms with van der Waals surface area (Å²) in [6, 6.07) is 24.7. The molecule has 0 unspecified atom stereocenters. The first-order valence-electron chi connectivity index (χ1n) is 13.2. The summed E-state index contributed by atoms with van der Waals surface area (Å²) in [5, 5.41) is 14.3. The summed E-state index contributed by atoms with van der Waals surface area (Å²) in [5.41, 5.74) is 5.40. The number of carbonyl (C=O) groups is 3. The predicted octanol–water partition coefficient (Wildman–Crippen LogP) is 4.87. The lowest BCUT2D eigenvalue weighted by atomic mass is 9.98. The van der Waals surface area contributed by atoms with E-state index >= 15 is 0 Å². The van der Waals surface area contributed by atoms with E-state index in [1.165, 1.54) is 0 Å². The van der Waals surface area contributed by atoms with Gasteiger partial charge in [0.25, 0.3) is 0 Å². The van der Waals surface area contributed by atoms with Crippen LogP contribution < -0.4 is 10.6 Å². The molecule has 0 aromatic heterocycles. The fraction of sp³-hybridized carbons (Fsp3) is 0.323. The Bertz CT molecular complexity index is 1230. The van der Waals surface area contributed by atoms with Gasteiger partial charge in [-0.2, -0.15) is 0 Å². The number of alkyl carbamates (subject to hydrolysis) is 1. The summed E-state index contributed by atoms with van der Waals surface area (Å²) in [5.74, 6) is -1.39. The number of ether oxygens (including phenoxy) is 2. The van der Waals surface area contributed by atoms with E-state index in [1.54, 1.807) is 6.92 Å². The van der Waals surface area contributed by atoms with Crippen LogP contribution in [0, 0.1) is 0 Å². The number of fused-ring (bicyclic) bond motifs is 3. The fourth-order valence-electron chi connectivity index (χ4n) is 4.78. The van der Waals surface area contributed by atoms with Crippen LogP contribution >= 0.6 is 0 Å². The molecule has 0 aliphatic heterocycles. The number of benzene rings is 3. The molecule has 1 aliphatic carbocycles. The molecule has 2 atom stereocenters. The molecule has 2 amide bonds. The molecule has 0 saturated carbocycles. The Labute approximate surface area is 228 Å². The smallest absolute Gasteiger partial charge is 0.407 e. The molecule has 4 rings (SSSR count). The van der Waals surface area contributed by atoms with E-state index in [0.717, 1.165) is 27.8 Å². The van der Waals surface area contributed by atoms with Gasteiger partial charge in [0.1, 0.15) is 12.6 Å². The largest absolute Gasteiger partial charge is 0.481 e. The van der Waals surface area contributed by atoms with Gasteiger partial charge >= 0.3 is 12.1 Å². The molecular weight excluding hydrogens is 496 g/mol. The maximum absolute atomic E-state index is 13.0. The molecule has 0 radical (unpaired) electrons. The van der Waals surface area contributed by atoms with Crippen LogP contribution in [-0.2, 0) is 25.7 Å². The zero-order chi connectivity index (χ0) is 27.6. The van der Waals surface area contributed by atoms with Gasteiger partial charge in [-0.15, -0.1) is 0 Å². The van der Waals surface area contributed by atoms with Crippen LogP contribution in [0.25, 0.3) is 11.1 Å². The van der Waals surface area contributed by atoms with Crippen molar-refractivity contribution in [3.8, 4) is 11.1 Å². The maximum atomic E-state index is 13.0. The number of carboxylic acids is 1. The SMILES string of the molecule is C[C@H](OCc1ccccc1)[C@@H](NC(=O)OCC1c2ccccc2-c2ccccc21)C(=O)NCCCCC(=O)O. The number of carbonyl (C=O) groups excluding carboxylic acids is 2. The van der Waals surface area contributed by atoms with E-state index < -0.39 is 30.1 Å². The predicted molar refractivity (Wildman–Crippen MR) is 147 cm³/mol. The van der Waals surface area contributed by atoms with Gasteiger partial charge in [0.15, 0.2) is 0 Å². The second-order valence-electron chi connectivity index (χ2n) is 9.59. The first-order valence-corrected chi connectivity index (χ1v) is 13.2. The van der Waals surface area contributed by atoms with Crippen molar-refractivity contribution < 1.29 is 29.0 Å². The topological polar surface area (TPSA) is 114 Å². The third-order valence-corrected chi connectivity index (χ3v) is 6.84. The summed E-state index contributed by atoms with van der Waals surface area (Å²) >= 11 is 0. The van der Waals surface area contributed by atoms with Crippen molar-refractivity contribution in [2.45, 2.75) is 50.9 Å². The Morgan fingerprint density at radius 2 is 1.49 bits per heavy atom. The lowest BCUT2D eigenvalue weighted by molar-refractivity contribution is -0.137. The van der Waals surface area contributed by atoms with Crippen LogP contribution in [-0.4, -0.2) is 48.4 Å². The van der Waals surface area contributed by atoms with Crippen molar-refractivity contribution in [2.24, 2.45) is 0 Å². The summed E-state index contributed by atoms with van der Waals surface area (Å²) in [7, 11) is 0. The minimum absolute atomic E-state index is 0.0356. The molecule has 0 fully saturated rings. The van der Waals surface area contributed by atoms with Crippen LogP contribution in [0.5, 0.6) is 0 Å². The third kappa shape index (κ3) is 7.45. The Kier molecular flexibility index (Phi) is 9.69. The molecule has 8 nitrogen and oxygen atoms in total. The number of amides is 2. The number of hydrogen-bond donors (Lipinski definition) is 3. The molecule has 3 N–H and O–H groups in total. The summed E-state index contributed by atoms with van der Waals surface area (Å²) < 4.78 is 11.6. The summed E-state index contributed by atoms with van der Waals surface area (Å²) in [6.45, 7) is 2.42. The first-order chi connectivity index (χ1) is 18.9. The van der Waals surface area contributed by atoms with Gasteiger partial charge in [-0.1, -0.05) is 78.9 Å². The van der Waals surface area contributed by atoms with Crippen LogP contribution in [0.2, 0.25) is 0 Å². The zero-order valence-corrected chi connectivity index (χ0v) is 22.0. The highest BCUT2D eigenvalue weighted by Gasteiger charge is 2.31. The van der Waals surface area contributed by atoms with Crippen molar-refractivity contribution in [3.63, 3.8) is 0 Å². The molecule has 0 bridgehead atoms. The van der Waals surface area contributed by atoms with Gasteiger partial charge in [-0.25, -0.2) is 4.79 Å². The normalized spacial score (nSPS) is 13.6. The number of hydrogen-bond acceptors (Lipinski definition) is 5. The molecule has 39 heavy (non-hydrogen) atoms. The van der Waals surface area contributed by atoms with Gasteiger partial charge in [0.05, 0.1) is 12.7 Å². The number of nitrogens with one attached hydrogen (secondary N) is 2. The minimum atomic E-state index is -0.996. The highest BCUT2D eigenvalue weighted by atomic mass is 16.5. The monoisotopic (exact) mass is 530 g/mol. The van der Waals surface area contributed by atoms with Crippen molar-refractivity contribution in [1.82, 2.24) is 10.6 Å².